The number of amides is 1. The summed E-state index contributed by atoms with van der Waals surface area (Å²) >= 11 is 0. The third-order valence-electron chi connectivity index (χ3n) is 5.05. The lowest BCUT2D eigenvalue weighted by Gasteiger charge is -2.28. The van der Waals surface area contributed by atoms with Gasteiger partial charge in [0.15, 0.2) is 0 Å². The van der Waals surface area contributed by atoms with E-state index in [0.717, 1.165) is 55.1 Å². The van der Waals surface area contributed by atoms with Crippen LogP contribution in [0.3, 0.4) is 0 Å². The van der Waals surface area contributed by atoms with E-state index in [4.69, 9.17) is 0 Å². The Kier molecular flexibility index (Phi) is 5.53. The molecule has 3 rings (SSSR count). The molecule has 0 radical (unpaired) electrons. The maximum absolute atomic E-state index is 13.2. The van der Waals surface area contributed by atoms with Crippen LogP contribution in [0.4, 0.5) is 0 Å². The van der Waals surface area contributed by atoms with Gasteiger partial charge in [-0.15, -0.1) is 0 Å². The Morgan fingerprint density at radius 3 is 2.88 bits per heavy atom. The highest BCUT2D eigenvalue weighted by Crippen LogP contribution is 2.21. The van der Waals surface area contributed by atoms with Gasteiger partial charge in [-0.3, -0.25) is 9.78 Å². The van der Waals surface area contributed by atoms with Crippen molar-refractivity contribution < 1.29 is 4.79 Å². The molecule has 1 fully saturated rings. The van der Waals surface area contributed by atoms with Crippen molar-refractivity contribution in [1.82, 2.24) is 19.8 Å². The van der Waals surface area contributed by atoms with Crippen LogP contribution in [0.1, 0.15) is 47.2 Å². The number of carbonyl (C=O) groups excluding carboxylic acids is 1. The molecule has 134 valence electrons. The Labute approximate surface area is 150 Å². The smallest absolute Gasteiger partial charge is 0.255 e. The normalized spacial score (nSPS) is 17.0. The maximum atomic E-state index is 13.2. The standard InChI is InChI=1S/C20H28N4O/c1-4-11-23(18-8-10-21-13-18)20(25)19-12-15(2)24(16(19)3)14-17-7-5-6-9-22-17/h5-7,9,12,18,21H,4,8,10-11,13-14H2,1-3H3. The molecule has 1 aliphatic heterocycles. The Morgan fingerprint density at radius 2 is 2.24 bits per heavy atom. The molecule has 5 heteroatoms. The van der Waals surface area contributed by atoms with E-state index in [0.29, 0.717) is 12.6 Å². The first-order valence-corrected chi connectivity index (χ1v) is 9.20. The number of aromatic nitrogens is 2. The molecular formula is C20H28N4O. The molecule has 1 N–H and O–H groups in total. The summed E-state index contributed by atoms with van der Waals surface area (Å²) in [6, 6.07) is 8.29. The van der Waals surface area contributed by atoms with Crippen LogP contribution in [0.25, 0.3) is 0 Å². The predicted molar refractivity (Wildman–Crippen MR) is 99.8 cm³/mol. The zero-order valence-corrected chi connectivity index (χ0v) is 15.5. The number of hydrogen-bond donors (Lipinski definition) is 1. The highest BCUT2D eigenvalue weighted by Gasteiger charge is 2.28. The minimum atomic E-state index is 0.163. The monoisotopic (exact) mass is 340 g/mol. The largest absolute Gasteiger partial charge is 0.342 e. The number of carbonyl (C=O) groups is 1. The summed E-state index contributed by atoms with van der Waals surface area (Å²) in [5.74, 6) is 0.163. The molecular weight excluding hydrogens is 312 g/mol. The maximum Gasteiger partial charge on any atom is 0.255 e. The van der Waals surface area contributed by atoms with Crippen molar-refractivity contribution in [2.45, 2.75) is 46.2 Å². The van der Waals surface area contributed by atoms with E-state index in [1.165, 1.54) is 0 Å². The molecule has 1 unspecified atom stereocenters. The van der Waals surface area contributed by atoms with Crippen LogP contribution in [0.2, 0.25) is 0 Å². The molecule has 0 aliphatic carbocycles. The molecule has 0 saturated carbocycles. The summed E-state index contributed by atoms with van der Waals surface area (Å²) < 4.78 is 2.19. The van der Waals surface area contributed by atoms with Gasteiger partial charge in [0.1, 0.15) is 0 Å². The Hall–Kier alpha value is -2.14. The molecule has 1 atom stereocenters. The third kappa shape index (κ3) is 3.76. The predicted octanol–water partition coefficient (Wildman–Crippen LogP) is 2.76. The van der Waals surface area contributed by atoms with Gasteiger partial charge in [-0.1, -0.05) is 13.0 Å². The topological polar surface area (TPSA) is 50.2 Å². The van der Waals surface area contributed by atoms with Gasteiger partial charge in [0.05, 0.1) is 17.8 Å². The van der Waals surface area contributed by atoms with Gasteiger partial charge in [-0.05, 0) is 51.4 Å². The number of hydrogen-bond acceptors (Lipinski definition) is 3. The average molecular weight is 340 g/mol. The molecule has 25 heavy (non-hydrogen) atoms. The molecule has 1 amide bonds. The summed E-state index contributed by atoms with van der Waals surface area (Å²) in [5, 5.41) is 3.37. The lowest BCUT2D eigenvalue weighted by Crippen LogP contribution is -2.42. The molecule has 0 spiro atoms. The van der Waals surface area contributed by atoms with Crippen molar-refractivity contribution >= 4 is 5.91 Å². The van der Waals surface area contributed by atoms with E-state index >= 15 is 0 Å². The quantitative estimate of drug-likeness (QED) is 0.880. The molecule has 0 bridgehead atoms. The Balaban J connectivity index is 1.86. The second-order valence-electron chi connectivity index (χ2n) is 6.84. The second kappa shape index (κ2) is 7.83. The summed E-state index contributed by atoms with van der Waals surface area (Å²) in [6.45, 7) is 9.65. The molecule has 5 nitrogen and oxygen atoms in total. The molecule has 0 aromatic carbocycles. The van der Waals surface area contributed by atoms with Crippen molar-refractivity contribution in [3.63, 3.8) is 0 Å². The van der Waals surface area contributed by atoms with Crippen LogP contribution in [-0.2, 0) is 6.54 Å². The van der Waals surface area contributed by atoms with Crippen LogP contribution in [0.15, 0.2) is 30.5 Å². The lowest BCUT2D eigenvalue weighted by atomic mass is 10.1. The van der Waals surface area contributed by atoms with Crippen LogP contribution >= 0.6 is 0 Å². The van der Waals surface area contributed by atoms with Gasteiger partial charge in [0, 0.05) is 36.7 Å². The van der Waals surface area contributed by atoms with Gasteiger partial charge in [-0.25, -0.2) is 0 Å². The number of rotatable bonds is 6. The van der Waals surface area contributed by atoms with Crippen molar-refractivity contribution in [1.29, 1.82) is 0 Å². The highest BCUT2D eigenvalue weighted by atomic mass is 16.2. The van der Waals surface area contributed by atoms with Crippen molar-refractivity contribution in [2.24, 2.45) is 0 Å². The summed E-state index contributed by atoms with van der Waals surface area (Å²) in [6.07, 6.45) is 3.83. The molecule has 1 aliphatic rings. The second-order valence-corrected chi connectivity index (χ2v) is 6.84. The van der Waals surface area contributed by atoms with Gasteiger partial charge in [0.2, 0.25) is 0 Å². The molecule has 2 aromatic heterocycles. The lowest BCUT2D eigenvalue weighted by molar-refractivity contribution is 0.0691. The zero-order chi connectivity index (χ0) is 17.8. The van der Waals surface area contributed by atoms with Crippen LogP contribution < -0.4 is 5.32 Å². The van der Waals surface area contributed by atoms with Crippen molar-refractivity contribution in [3.05, 3.63) is 53.1 Å². The Morgan fingerprint density at radius 1 is 1.40 bits per heavy atom. The first-order valence-electron chi connectivity index (χ1n) is 9.20. The fourth-order valence-corrected chi connectivity index (χ4v) is 3.67. The first kappa shape index (κ1) is 17.7. The summed E-state index contributed by atoms with van der Waals surface area (Å²) in [4.78, 5) is 19.7. The summed E-state index contributed by atoms with van der Waals surface area (Å²) in [5.41, 5.74) is 3.97. The van der Waals surface area contributed by atoms with E-state index < -0.39 is 0 Å². The molecule has 2 aromatic rings. The van der Waals surface area contributed by atoms with E-state index in [-0.39, 0.29) is 5.91 Å². The SMILES string of the molecule is CCCN(C(=O)c1cc(C)n(Cc2ccccn2)c1C)C1CCNC1. The summed E-state index contributed by atoms with van der Waals surface area (Å²) in [7, 11) is 0. The number of nitrogens with one attached hydrogen (secondary N) is 1. The van der Waals surface area contributed by atoms with Gasteiger partial charge in [-0.2, -0.15) is 0 Å². The third-order valence-corrected chi connectivity index (χ3v) is 5.05. The van der Waals surface area contributed by atoms with Crippen molar-refractivity contribution in [2.75, 3.05) is 19.6 Å². The minimum Gasteiger partial charge on any atom is -0.342 e. The highest BCUT2D eigenvalue weighted by molar-refractivity contribution is 5.96. The fourth-order valence-electron chi connectivity index (χ4n) is 3.67. The van der Waals surface area contributed by atoms with Gasteiger partial charge in [0.25, 0.3) is 5.91 Å². The molecule has 3 heterocycles. The van der Waals surface area contributed by atoms with E-state index in [2.05, 4.69) is 33.6 Å². The van der Waals surface area contributed by atoms with Crippen molar-refractivity contribution in [3.8, 4) is 0 Å². The number of aryl methyl sites for hydroxylation is 1. The van der Waals surface area contributed by atoms with Crippen LogP contribution in [0.5, 0.6) is 0 Å². The van der Waals surface area contributed by atoms with Crippen LogP contribution in [0, 0.1) is 13.8 Å². The van der Waals surface area contributed by atoms with E-state index in [1.54, 1.807) is 0 Å². The van der Waals surface area contributed by atoms with E-state index in [1.807, 2.05) is 37.4 Å². The number of nitrogens with zero attached hydrogens (tertiary/aromatic N) is 3. The average Bonchev–Trinajstić information content (AvgIpc) is 3.24. The first-order chi connectivity index (χ1) is 12.1. The Bertz CT molecular complexity index is 717. The van der Waals surface area contributed by atoms with Gasteiger partial charge < -0.3 is 14.8 Å². The van der Waals surface area contributed by atoms with E-state index in [9.17, 15) is 4.79 Å². The fraction of sp³-hybridized carbons (Fsp3) is 0.500. The van der Waals surface area contributed by atoms with Gasteiger partial charge >= 0.3 is 0 Å². The number of pyridine rings is 1. The minimum absolute atomic E-state index is 0.163. The van der Waals surface area contributed by atoms with Crippen LogP contribution in [-0.4, -0.2) is 46.0 Å². The zero-order valence-electron chi connectivity index (χ0n) is 15.5. The molecule has 1 saturated heterocycles.